The van der Waals surface area contributed by atoms with E-state index in [1.807, 2.05) is 19.1 Å². The smallest absolute Gasteiger partial charge is 0.313 e. The molecule has 26 heavy (non-hydrogen) atoms. The molecule has 0 saturated carbocycles. The third-order valence-corrected chi connectivity index (χ3v) is 4.77. The van der Waals surface area contributed by atoms with Crippen LogP contribution in [0.25, 0.3) is 0 Å². The summed E-state index contributed by atoms with van der Waals surface area (Å²) in [6.45, 7) is 19.2. The SMILES string of the molecule is CC(C)CCCOC(=O)C(C)c1cc(C(C)(C)C)c(O)c(C(C)(C)C)c1. The number of esters is 1. The summed E-state index contributed by atoms with van der Waals surface area (Å²) in [6, 6.07) is 3.93. The molecule has 0 aromatic heterocycles. The van der Waals surface area contributed by atoms with Gasteiger partial charge in [-0.15, -0.1) is 0 Å². The van der Waals surface area contributed by atoms with Crippen molar-refractivity contribution >= 4 is 5.97 Å². The lowest BCUT2D eigenvalue weighted by Crippen LogP contribution is -2.20. The summed E-state index contributed by atoms with van der Waals surface area (Å²) in [5, 5.41) is 10.8. The Morgan fingerprint density at radius 3 is 1.85 bits per heavy atom. The molecule has 0 radical (unpaired) electrons. The topological polar surface area (TPSA) is 46.5 Å². The van der Waals surface area contributed by atoms with E-state index < -0.39 is 0 Å². The van der Waals surface area contributed by atoms with Crippen molar-refractivity contribution in [3.8, 4) is 5.75 Å². The van der Waals surface area contributed by atoms with E-state index >= 15 is 0 Å². The average Bonchev–Trinajstić information content (AvgIpc) is 2.48. The lowest BCUT2D eigenvalue weighted by molar-refractivity contribution is -0.145. The van der Waals surface area contributed by atoms with Crippen molar-refractivity contribution in [3.05, 3.63) is 28.8 Å². The van der Waals surface area contributed by atoms with Crippen LogP contribution < -0.4 is 0 Å². The molecular formula is C23H38O3. The molecule has 3 nitrogen and oxygen atoms in total. The van der Waals surface area contributed by atoms with Gasteiger partial charge in [0.2, 0.25) is 0 Å². The van der Waals surface area contributed by atoms with E-state index in [-0.39, 0.29) is 22.7 Å². The highest BCUT2D eigenvalue weighted by molar-refractivity contribution is 5.78. The zero-order valence-electron chi connectivity index (χ0n) is 18.2. The molecule has 0 spiro atoms. The van der Waals surface area contributed by atoms with E-state index in [0.717, 1.165) is 29.5 Å². The highest BCUT2D eigenvalue weighted by Crippen LogP contribution is 2.41. The van der Waals surface area contributed by atoms with Crippen LogP contribution in [0.1, 0.15) is 97.8 Å². The molecule has 0 amide bonds. The van der Waals surface area contributed by atoms with Crippen LogP contribution in [0.15, 0.2) is 12.1 Å². The Labute approximate surface area is 160 Å². The fraction of sp³-hybridized carbons (Fsp3) is 0.696. The number of ether oxygens (including phenoxy) is 1. The number of phenolic OH excluding ortho intramolecular Hbond substituents is 1. The van der Waals surface area contributed by atoms with Crippen molar-refractivity contribution in [2.24, 2.45) is 5.92 Å². The lowest BCUT2D eigenvalue weighted by atomic mass is 9.77. The van der Waals surface area contributed by atoms with E-state index in [2.05, 4.69) is 55.4 Å². The fourth-order valence-corrected chi connectivity index (χ4v) is 2.98. The van der Waals surface area contributed by atoms with Gasteiger partial charge in [-0.1, -0.05) is 67.5 Å². The van der Waals surface area contributed by atoms with Gasteiger partial charge in [0.15, 0.2) is 0 Å². The molecule has 0 bridgehead atoms. The molecule has 0 fully saturated rings. The number of phenols is 1. The van der Waals surface area contributed by atoms with Gasteiger partial charge in [0, 0.05) is 0 Å². The molecule has 0 saturated heterocycles. The van der Waals surface area contributed by atoms with Crippen molar-refractivity contribution in [3.63, 3.8) is 0 Å². The number of carbonyl (C=O) groups is 1. The molecule has 1 N–H and O–H groups in total. The van der Waals surface area contributed by atoms with Gasteiger partial charge < -0.3 is 9.84 Å². The summed E-state index contributed by atoms with van der Waals surface area (Å²) in [6.07, 6.45) is 1.95. The lowest BCUT2D eigenvalue weighted by Gasteiger charge is -2.29. The quantitative estimate of drug-likeness (QED) is 0.493. The molecule has 0 aliphatic carbocycles. The van der Waals surface area contributed by atoms with Crippen molar-refractivity contribution in [1.29, 1.82) is 0 Å². The zero-order chi connectivity index (χ0) is 20.3. The van der Waals surface area contributed by atoms with Crippen molar-refractivity contribution in [1.82, 2.24) is 0 Å². The van der Waals surface area contributed by atoms with Crippen LogP contribution >= 0.6 is 0 Å². The van der Waals surface area contributed by atoms with Crippen LogP contribution in [0.2, 0.25) is 0 Å². The third-order valence-electron chi connectivity index (χ3n) is 4.77. The molecule has 148 valence electrons. The number of aromatic hydroxyl groups is 1. The molecule has 0 heterocycles. The Morgan fingerprint density at radius 2 is 1.46 bits per heavy atom. The van der Waals surface area contributed by atoms with Gasteiger partial charge in [0.25, 0.3) is 0 Å². The minimum Gasteiger partial charge on any atom is -0.507 e. The number of hydrogen-bond donors (Lipinski definition) is 1. The summed E-state index contributed by atoms with van der Waals surface area (Å²) in [7, 11) is 0. The van der Waals surface area contributed by atoms with Gasteiger partial charge in [-0.3, -0.25) is 4.79 Å². The van der Waals surface area contributed by atoms with E-state index in [0.29, 0.717) is 18.3 Å². The molecule has 0 aliphatic heterocycles. The van der Waals surface area contributed by atoms with Gasteiger partial charge in [0.1, 0.15) is 5.75 Å². The zero-order valence-corrected chi connectivity index (χ0v) is 18.2. The Bertz CT molecular complexity index is 580. The van der Waals surface area contributed by atoms with Gasteiger partial charge in [-0.05, 0) is 53.2 Å². The van der Waals surface area contributed by atoms with E-state index in [9.17, 15) is 9.90 Å². The Hall–Kier alpha value is -1.51. The van der Waals surface area contributed by atoms with Crippen molar-refractivity contribution < 1.29 is 14.6 Å². The van der Waals surface area contributed by atoms with E-state index in [4.69, 9.17) is 4.74 Å². The van der Waals surface area contributed by atoms with Crippen LogP contribution in [0.3, 0.4) is 0 Å². The van der Waals surface area contributed by atoms with Gasteiger partial charge >= 0.3 is 5.97 Å². The van der Waals surface area contributed by atoms with Gasteiger partial charge in [-0.25, -0.2) is 0 Å². The second kappa shape index (κ2) is 8.45. The van der Waals surface area contributed by atoms with Crippen LogP contribution in [-0.2, 0) is 20.4 Å². The number of rotatable bonds is 6. The average molecular weight is 363 g/mol. The second-order valence-electron chi connectivity index (χ2n) is 9.89. The van der Waals surface area contributed by atoms with Gasteiger partial charge in [-0.2, -0.15) is 0 Å². The normalized spacial score (nSPS) is 13.8. The maximum atomic E-state index is 12.5. The maximum absolute atomic E-state index is 12.5. The van der Waals surface area contributed by atoms with Crippen molar-refractivity contribution in [2.75, 3.05) is 6.61 Å². The Balaban J connectivity index is 3.13. The molecule has 1 unspecified atom stereocenters. The fourth-order valence-electron chi connectivity index (χ4n) is 2.98. The Morgan fingerprint density at radius 1 is 1.00 bits per heavy atom. The predicted molar refractivity (Wildman–Crippen MR) is 109 cm³/mol. The molecule has 1 atom stereocenters. The molecular weight excluding hydrogens is 324 g/mol. The molecule has 0 aliphatic rings. The van der Waals surface area contributed by atoms with Crippen LogP contribution in [0, 0.1) is 5.92 Å². The summed E-state index contributed by atoms with van der Waals surface area (Å²) in [4.78, 5) is 12.5. The summed E-state index contributed by atoms with van der Waals surface area (Å²) in [5.74, 6) is 0.411. The summed E-state index contributed by atoms with van der Waals surface area (Å²) in [5.41, 5.74) is 2.24. The molecule has 1 rings (SSSR count). The number of hydrogen-bond acceptors (Lipinski definition) is 3. The summed E-state index contributed by atoms with van der Waals surface area (Å²) < 4.78 is 5.49. The predicted octanol–water partition coefficient (Wildman–Crippen LogP) is 6.07. The highest BCUT2D eigenvalue weighted by atomic mass is 16.5. The molecule has 1 aromatic rings. The van der Waals surface area contributed by atoms with E-state index in [1.54, 1.807) is 0 Å². The van der Waals surface area contributed by atoms with E-state index in [1.165, 1.54) is 0 Å². The Kier molecular flexibility index (Phi) is 7.33. The second-order valence-corrected chi connectivity index (χ2v) is 9.89. The highest BCUT2D eigenvalue weighted by Gasteiger charge is 2.29. The van der Waals surface area contributed by atoms with Crippen LogP contribution in [0.5, 0.6) is 5.75 Å². The first-order chi connectivity index (χ1) is 11.7. The van der Waals surface area contributed by atoms with Gasteiger partial charge in [0.05, 0.1) is 12.5 Å². The first kappa shape index (κ1) is 22.5. The third kappa shape index (κ3) is 6.03. The van der Waals surface area contributed by atoms with Crippen LogP contribution in [0.4, 0.5) is 0 Å². The minimum atomic E-state index is -0.350. The first-order valence-corrected chi connectivity index (χ1v) is 9.79. The number of carbonyl (C=O) groups excluding carboxylic acids is 1. The number of benzene rings is 1. The molecule has 3 heteroatoms. The maximum Gasteiger partial charge on any atom is 0.313 e. The monoisotopic (exact) mass is 362 g/mol. The first-order valence-electron chi connectivity index (χ1n) is 9.79. The summed E-state index contributed by atoms with van der Waals surface area (Å²) >= 11 is 0. The van der Waals surface area contributed by atoms with Crippen molar-refractivity contribution in [2.45, 2.75) is 91.9 Å². The largest absolute Gasteiger partial charge is 0.507 e. The molecule has 1 aromatic carbocycles. The standard InChI is InChI=1S/C23H38O3/c1-15(2)11-10-12-26-21(25)16(3)17-13-18(22(4,5)6)20(24)19(14-17)23(7,8)9/h13-16,24H,10-12H2,1-9H3. The van der Waals surface area contributed by atoms with Crippen LogP contribution in [-0.4, -0.2) is 17.7 Å². The minimum absolute atomic E-state index is 0.195.